The summed E-state index contributed by atoms with van der Waals surface area (Å²) in [6, 6.07) is 5.72. The average molecular weight is 608 g/mol. The second kappa shape index (κ2) is 9.03. The maximum atomic E-state index is 17.5. The number of carbonyl (C=O) groups is 2. The third kappa shape index (κ3) is 3.87. The Morgan fingerprint density at radius 1 is 1.22 bits per heavy atom. The van der Waals surface area contributed by atoms with E-state index in [-0.39, 0.29) is 22.1 Å². The first-order chi connectivity index (χ1) is 19.0. The lowest BCUT2D eigenvalue weighted by molar-refractivity contribution is -0.245. The molecule has 4 unspecified atom stereocenters. The molecule has 0 aromatic heterocycles. The number of rotatable bonds is 5. The first-order valence-electron chi connectivity index (χ1n) is 14.0. The highest BCUT2D eigenvalue weighted by molar-refractivity contribution is 7.89. The molecule has 8 atom stereocenters. The zero-order valence-corrected chi connectivity index (χ0v) is 25.0. The smallest absolute Gasteiger partial charge is 0.241 e. The molecule has 1 aromatic carbocycles. The van der Waals surface area contributed by atoms with E-state index in [0.29, 0.717) is 24.8 Å². The molecular formula is C30H35ClFNO7S. The van der Waals surface area contributed by atoms with Gasteiger partial charge in [0.15, 0.2) is 28.6 Å². The van der Waals surface area contributed by atoms with Crippen molar-refractivity contribution < 1.29 is 37.0 Å². The number of Topliss-reactive ketones (excluding diaryl/α,β-unsaturated/α-hetero) is 1. The first-order valence-corrected chi connectivity index (χ1v) is 15.8. The molecule has 4 aliphatic carbocycles. The standard InChI is InChI=1S/C30H35ClFNO7S/c1-26(2)39-25-14-22-21-9-8-17-12-19(34)10-11-27(17,3)29(21,32)23(35)15-28(22,4)30(25,40-26)24(36)16-33-41(37,38)20-7-5-6-18(31)13-20/h5-7,10-13,21-23,25,33,35H,8-9,14-16H2,1-4H3/t21?,22?,23-,25-,27?,28?,29-,30+/m0/s1. The Bertz CT molecular complexity index is 1510. The van der Waals surface area contributed by atoms with Crippen LogP contribution in [0.4, 0.5) is 4.39 Å². The zero-order valence-electron chi connectivity index (χ0n) is 23.4. The van der Waals surface area contributed by atoms with E-state index >= 15 is 4.39 Å². The molecule has 3 saturated carbocycles. The van der Waals surface area contributed by atoms with Crippen molar-refractivity contribution in [3.8, 4) is 0 Å². The maximum absolute atomic E-state index is 17.5. The van der Waals surface area contributed by atoms with E-state index in [9.17, 15) is 23.1 Å². The van der Waals surface area contributed by atoms with Crippen molar-refractivity contribution >= 4 is 33.2 Å². The van der Waals surface area contributed by atoms with Crippen LogP contribution in [-0.4, -0.2) is 60.9 Å². The Labute approximate surface area is 244 Å². The number of hydrogen-bond donors (Lipinski definition) is 2. The second-order valence-electron chi connectivity index (χ2n) is 13.0. The fraction of sp³-hybridized carbons (Fsp3) is 0.600. The molecule has 8 nitrogen and oxygen atoms in total. The number of fused-ring (bicyclic) bond motifs is 7. The van der Waals surface area contributed by atoms with Gasteiger partial charge in [-0.05, 0) is 82.7 Å². The highest BCUT2D eigenvalue weighted by atomic mass is 35.5. The maximum Gasteiger partial charge on any atom is 0.241 e. The van der Waals surface area contributed by atoms with E-state index in [1.54, 1.807) is 32.9 Å². The molecule has 0 amide bonds. The van der Waals surface area contributed by atoms with Gasteiger partial charge in [0.05, 0.1) is 23.6 Å². The molecule has 1 aromatic rings. The Balaban J connectivity index is 1.37. The summed E-state index contributed by atoms with van der Waals surface area (Å²) in [7, 11) is -4.09. The predicted octanol–water partition coefficient (Wildman–Crippen LogP) is 4.06. The minimum Gasteiger partial charge on any atom is -0.390 e. The number of alkyl halides is 1. The summed E-state index contributed by atoms with van der Waals surface area (Å²) in [5.74, 6) is -2.94. The molecule has 0 spiro atoms. The van der Waals surface area contributed by atoms with Gasteiger partial charge in [0.25, 0.3) is 0 Å². The van der Waals surface area contributed by atoms with Crippen LogP contribution in [-0.2, 0) is 29.1 Å². The van der Waals surface area contributed by atoms with Crippen molar-refractivity contribution in [2.75, 3.05) is 6.54 Å². The summed E-state index contributed by atoms with van der Waals surface area (Å²) in [6.45, 7) is 6.37. The van der Waals surface area contributed by atoms with Gasteiger partial charge in [-0.1, -0.05) is 36.2 Å². The van der Waals surface area contributed by atoms with Crippen LogP contribution in [0.25, 0.3) is 0 Å². The highest BCUT2D eigenvalue weighted by Gasteiger charge is 2.80. The number of benzene rings is 1. The predicted molar refractivity (Wildman–Crippen MR) is 148 cm³/mol. The van der Waals surface area contributed by atoms with Crippen LogP contribution in [0, 0.1) is 22.7 Å². The zero-order chi connectivity index (χ0) is 29.8. The third-order valence-electron chi connectivity index (χ3n) is 10.6. The van der Waals surface area contributed by atoms with Gasteiger partial charge in [0, 0.05) is 21.8 Å². The Morgan fingerprint density at radius 2 is 1.95 bits per heavy atom. The number of ketones is 2. The van der Waals surface area contributed by atoms with E-state index in [1.165, 1.54) is 30.4 Å². The fourth-order valence-electron chi connectivity index (χ4n) is 8.82. The monoisotopic (exact) mass is 607 g/mol. The number of nitrogens with one attached hydrogen (secondary N) is 1. The molecule has 5 aliphatic rings. The van der Waals surface area contributed by atoms with Crippen LogP contribution < -0.4 is 4.72 Å². The summed E-state index contributed by atoms with van der Waals surface area (Å²) < 4.78 is 58.7. The van der Waals surface area contributed by atoms with Gasteiger partial charge < -0.3 is 14.6 Å². The molecule has 2 N–H and O–H groups in total. The largest absolute Gasteiger partial charge is 0.390 e. The minimum absolute atomic E-state index is 0.0834. The lowest BCUT2D eigenvalue weighted by Gasteiger charge is -2.62. The van der Waals surface area contributed by atoms with Gasteiger partial charge in [0.2, 0.25) is 10.0 Å². The molecule has 6 rings (SSSR count). The summed E-state index contributed by atoms with van der Waals surface area (Å²) >= 11 is 5.98. The first kappa shape index (κ1) is 29.1. The van der Waals surface area contributed by atoms with Crippen LogP contribution in [0.15, 0.2) is 53.0 Å². The van der Waals surface area contributed by atoms with E-state index < -0.39 is 74.3 Å². The van der Waals surface area contributed by atoms with Gasteiger partial charge in [-0.3, -0.25) is 9.59 Å². The normalized spacial score (nSPS) is 42.6. The lowest BCUT2D eigenvalue weighted by Crippen LogP contribution is -2.70. The van der Waals surface area contributed by atoms with E-state index in [1.807, 2.05) is 6.92 Å². The molecule has 222 valence electrons. The molecule has 0 radical (unpaired) electrons. The second-order valence-corrected chi connectivity index (χ2v) is 15.3. The fourth-order valence-corrected chi connectivity index (χ4v) is 10.1. The molecular weight excluding hydrogens is 573 g/mol. The number of halogens is 2. The summed E-state index contributed by atoms with van der Waals surface area (Å²) in [5, 5.41) is 11.9. The highest BCUT2D eigenvalue weighted by Crippen LogP contribution is 2.72. The van der Waals surface area contributed by atoms with E-state index in [4.69, 9.17) is 21.1 Å². The Morgan fingerprint density at radius 3 is 2.66 bits per heavy atom. The molecule has 1 aliphatic heterocycles. The number of aliphatic hydroxyl groups excluding tert-OH is 1. The van der Waals surface area contributed by atoms with Crippen molar-refractivity contribution in [2.24, 2.45) is 22.7 Å². The van der Waals surface area contributed by atoms with Crippen LogP contribution in [0.2, 0.25) is 5.02 Å². The Kier molecular flexibility index (Phi) is 6.42. The SMILES string of the molecule is CC1(C)O[C@H]2CC3C4CCC5=CC(=O)C=CC5(C)[C@@]4(F)[C@@H](O)CC3(C)[C@]2(C(=O)CNS(=O)(=O)c2cccc(Cl)c2)O1. The number of aliphatic hydroxyl groups is 1. The summed E-state index contributed by atoms with van der Waals surface area (Å²) in [4.78, 5) is 26.3. The van der Waals surface area contributed by atoms with E-state index in [2.05, 4.69) is 4.72 Å². The van der Waals surface area contributed by atoms with Crippen molar-refractivity contribution in [2.45, 2.75) is 87.5 Å². The number of allylic oxidation sites excluding steroid dienone is 4. The van der Waals surface area contributed by atoms with Crippen LogP contribution in [0.3, 0.4) is 0 Å². The number of hydrogen-bond acceptors (Lipinski definition) is 7. The molecule has 41 heavy (non-hydrogen) atoms. The summed E-state index contributed by atoms with van der Waals surface area (Å²) in [5.41, 5.74) is -5.26. The molecule has 1 heterocycles. The lowest BCUT2D eigenvalue weighted by atomic mass is 9.44. The van der Waals surface area contributed by atoms with Gasteiger partial charge >= 0.3 is 0 Å². The van der Waals surface area contributed by atoms with Gasteiger partial charge in [-0.25, -0.2) is 17.5 Å². The van der Waals surface area contributed by atoms with Gasteiger partial charge in [-0.15, -0.1) is 0 Å². The van der Waals surface area contributed by atoms with Gasteiger partial charge in [0.1, 0.15) is 0 Å². The van der Waals surface area contributed by atoms with Crippen molar-refractivity contribution in [3.63, 3.8) is 0 Å². The van der Waals surface area contributed by atoms with Crippen molar-refractivity contribution in [1.82, 2.24) is 4.72 Å². The van der Waals surface area contributed by atoms with E-state index in [0.717, 1.165) is 0 Å². The van der Waals surface area contributed by atoms with Gasteiger partial charge in [-0.2, -0.15) is 0 Å². The van der Waals surface area contributed by atoms with Crippen molar-refractivity contribution in [3.05, 3.63) is 53.1 Å². The summed E-state index contributed by atoms with van der Waals surface area (Å²) in [6.07, 6.45) is 3.28. The molecule has 0 bridgehead atoms. The average Bonchev–Trinajstić information content (AvgIpc) is 3.30. The number of carbonyl (C=O) groups excluding carboxylic acids is 2. The minimum atomic E-state index is -4.09. The Hall–Kier alpha value is -1.95. The van der Waals surface area contributed by atoms with Crippen LogP contribution in [0.1, 0.15) is 53.4 Å². The van der Waals surface area contributed by atoms with Crippen LogP contribution >= 0.6 is 11.6 Å². The molecule has 11 heteroatoms. The number of ether oxygens (including phenoxy) is 2. The molecule has 4 fully saturated rings. The third-order valence-corrected chi connectivity index (χ3v) is 12.2. The van der Waals surface area contributed by atoms with Crippen molar-refractivity contribution in [1.29, 1.82) is 0 Å². The van der Waals surface area contributed by atoms with Crippen LogP contribution in [0.5, 0.6) is 0 Å². The quantitative estimate of drug-likeness (QED) is 0.518. The number of sulfonamides is 1. The molecule has 1 saturated heterocycles. The topological polar surface area (TPSA) is 119 Å².